The fraction of sp³-hybridized carbons (Fsp3) is 0.577. The van der Waals surface area contributed by atoms with Crippen molar-refractivity contribution >= 4 is 17.7 Å². The number of fused-ring (bicyclic) bond motifs is 5. The molecular formula is C26H32O5. The van der Waals surface area contributed by atoms with Gasteiger partial charge < -0.3 is 9.47 Å². The second-order valence-corrected chi connectivity index (χ2v) is 9.48. The van der Waals surface area contributed by atoms with E-state index in [9.17, 15) is 14.4 Å². The summed E-state index contributed by atoms with van der Waals surface area (Å²) < 4.78 is 10.4. The number of allylic oxidation sites excluding steroid dienone is 1. The Kier molecular flexibility index (Phi) is 6.31. The first kappa shape index (κ1) is 21.8. The van der Waals surface area contributed by atoms with Gasteiger partial charge in [0.15, 0.2) is 0 Å². The lowest BCUT2D eigenvalue weighted by Gasteiger charge is -2.48. The van der Waals surface area contributed by atoms with Gasteiger partial charge in [-0.3, -0.25) is 14.4 Å². The number of hydrogen-bond donors (Lipinski definition) is 0. The minimum atomic E-state index is -0.318. The maximum Gasteiger partial charge on any atom is 0.311 e. The molecule has 166 valence electrons. The molecule has 0 amide bonds. The molecule has 0 N–H and O–H groups in total. The van der Waals surface area contributed by atoms with Gasteiger partial charge in [0.05, 0.1) is 0 Å². The van der Waals surface area contributed by atoms with E-state index >= 15 is 0 Å². The quantitative estimate of drug-likeness (QED) is 0.368. The lowest BCUT2D eigenvalue weighted by molar-refractivity contribution is -0.139. The van der Waals surface area contributed by atoms with Crippen LogP contribution in [0.15, 0.2) is 30.4 Å². The van der Waals surface area contributed by atoms with E-state index in [0.717, 1.165) is 38.5 Å². The average molecular weight is 425 g/mol. The number of ketones is 1. The molecule has 2 fully saturated rings. The molecule has 0 aromatic heterocycles. The lowest BCUT2D eigenvalue weighted by Crippen LogP contribution is -2.42. The van der Waals surface area contributed by atoms with E-state index in [-0.39, 0.29) is 30.4 Å². The van der Waals surface area contributed by atoms with Crippen LogP contribution >= 0.6 is 0 Å². The minimum Gasteiger partial charge on any atom is -0.462 e. The van der Waals surface area contributed by atoms with Crippen LogP contribution in [-0.4, -0.2) is 24.3 Å². The Hall–Kier alpha value is -2.43. The highest BCUT2D eigenvalue weighted by molar-refractivity contribution is 5.87. The first-order valence-corrected chi connectivity index (χ1v) is 11.5. The smallest absolute Gasteiger partial charge is 0.311 e. The Morgan fingerprint density at radius 3 is 2.81 bits per heavy atom. The number of carbonyl (C=O) groups excluding carboxylic acids is 3. The van der Waals surface area contributed by atoms with Gasteiger partial charge in [0, 0.05) is 25.2 Å². The van der Waals surface area contributed by atoms with Crippen LogP contribution in [-0.2, 0) is 25.5 Å². The number of ether oxygens (including phenoxy) is 2. The van der Waals surface area contributed by atoms with Gasteiger partial charge in [-0.1, -0.05) is 25.1 Å². The van der Waals surface area contributed by atoms with Crippen LogP contribution < -0.4 is 4.74 Å². The van der Waals surface area contributed by atoms with Crippen LogP contribution in [0.2, 0.25) is 0 Å². The Labute approximate surface area is 184 Å². The van der Waals surface area contributed by atoms with Crippen LogP contribution in [0.25, 0.3) is 0 Å². The van der Waals surface area contributed by atoms with E-state index in [2.05, 4.69) is 13.0 Å². The van der Waals surface area contributed by atoms with Crippen LogP contribution in [0.5, 0.6) is 5.75 Å². The van der Waals surface area contributed by atoms with E-state index in [4.69, 9.17) is 9.47 Å². The summed E-state index contributed by atoms with van der Waals surface area (Å²) in [6, 6.07) is 6.10. The minimum absolute atomic E-state index is 0.0964. The second-order valence-electron chi connectivity index (χ2n) is 9.48. The van der Waals surface area contributed by atoms with Gasteiger partial charge in [-0.05, 0) is 79.5 Å². The molecule has 0 unspecified atom stereocenters. The first-order chi connectivity index (χ1) is 14.9. The van der Waals surface area contributed by atoms with Gasteiger partial charge >= 0.3 is 11.9 Å². The summed E-state index contributed by atoms with van der Waals surface area (Å²) in [6.07, 6.45) is 10.4. The molecule has 0 saturated heterocycles. The predicted molar refractivity (Wildman–Crippen MR) is 117 cm³/mol. The van der Waals surface area contributed by atoms with E-state index in [0.29, 0.717) is 35.7 Å². The Morgan fingerprint density at radius 1 is 1.16 bits per heavy atom. The summed E-state index contributed by atoms with van der Waals surface area (Å²) in [4.78, 5) is 35.3. The van der Waals surface area contributed by atoms with E-state index < -0.39 is 0 Å². The summed E-state index contributed by atoms with van der Waals surface area (Å²) in [5, 5.41) is 0. The molecule has 4 atom stereocenters. The molecule has 0 heterocycles. The molecule has 1 aromatic rings. The molecule has 3 aliphatic rings. The van der Waals surface area contributed by atoms with Gasteiger partial charge in [-0.25, -0.2) is 0 Å². The number of hydrogen-bond acceptors (Lipinski definition) is 5. The fourth-order valence-electron chi connectivity index (χ4n) is 6.13. The van der Waals surface area contributed by atoms with E-state index in [1.807, 2.05) is 18.2 Å². The Morgan fingerprint density at radius 2 is 2.00 bits per heavy atom. The van der Waals surface area contributed by atoms with E-state index in [1.165, 1.54) is 18.1 Å². The van der Waals surface area contributed by atoms with Crippen LogP contribution in [0, 0.1) is 17.3 Å². The third-order valence-electron chi connectivity index (χ3n) is 7.70. The Bertz CT molecular complexity index is 901. The van der Waals surface area contributed by atoms with Crippen molar-refractivity contribution in [2.24, 2.45) is 17.3 Å². The number of carbonyl (C=O) groups is 3. The third kappa shape index (κ3) is 4.46. The van der Waals surface area contributed by atoms with Crippen molar-refractivity contribution in [2.75, 3.05) is 6.61 Å². The standard InChI is InChI=1S/C26H32O5/c1-17(27)30-15-5-3-4-6-25(29)31-19-8-10-20-18(16-19)7-9-22-21(20)13-14-26(2)23(22)11-12-24(26)28/h3,5,8,10,16,21-23H,4,6-7,9,11-15H2,1-2H3/b5-3+/t21-,22-,23+,26+/m1/s1. The van der Waals surface area contributed by atoms with Crippen molar-refractivity contribution in [1.29, 1.82) is 0 Å². The highest BCUT2D eigenvalue weighted by atomic mass is 16.5. The monoisotopic (exact) mass is 424 g/mol. The summed E-state index contributed by atoms with van der Waals surface area (Å²) in [5.41, 5.74) is 2.59. The predicted octanol–water partition coefficient (Wildman–Crippen LogP) is 4.92. The molecule has 5 nitrogen and oxygen atoms in total. The van der Waals surface area contributed by atoms with Crippen molar-refractivity contribution in [2.45, 2.75) is 71.1 Å². The average Bonchev–Trinajstić information content (AvgIpc) is 3.04. The lowest BCUT2D eigenvalue weighted by atomic mass is 9.55. The normalized spacial score (nSPS) is 29.2. The van der Waals surface area contributed by atoms with Crippen molar-refractivity contribution in [3.8, 4) is 5.75 Å². The number of Topliss-reactive ketones (excluding diaryl/α,β-unsaturated/α-hetero) is 1. The molecule has 1 aromatic carbocycles. The van der Waals surface area contributed by atoms with Gasteiger partial charge in [0.1, 0.15) is 18.1 Å². The highest BCUT2D eigenvalue weighted by Gasteiger charge is 2.54. The summed E-state index contributed by atoms with van der Waals surface area (Å²) in [7, 11) is 0. The fourth-order valence-corrected chi connectivity index (χ4v) is 6.13. The van der Waals surface area contributed by atoms with Crippen molar-refractivity contribution in [1.82, 2.24) is 0 Å². The van der Waals surface area contributed by atoms with Gasteiger partial charge in [0.2, 0.25) is 0 Å². The number of rotatable bonds is 6. The zero-order chi connectivity index (χ0) is 22.0. The van der Waals surface area contributed by atoms with Gasteiger partial charge in [0.25, 0.3) is 0 Å². The number of aryl methyl sites for hydroxylation is 1. The second kappa shape index (κ2) is 8.97. The third-order valence-corrected chi connectivity index (χ3v) is 7.70. The van der Waals surface area contributed by atoms with Gasteiger partial charge in [-0.15, -0.1) is 0 Å². The molecule has 0 radical (unpaired) electrons. The molecule has 0 bridgehead atoms. The van der Waals surface area contributed by atoms with Crippen LogP contribution in [0.4, 0.5) is 0 Å². The van der Waals surface area contributed by atoms with Gasteiger partial charge in [-0.2, -0.15) is 0 Å². The molecule has 5 heteroatoms. The Balaban J connectivity index is 1.35. The summed E-state index contributed by atoms with van der Waals surface area (Å²) in [5.74, 6) is 2.17. The summed E-state index contributed by atoms with van der Waals surface area (Å²) in [6.45, 7) is 3.79. The maximum atomic E-state index is 12.5. The molecule has 3 aliphatic carbocycles. The SMILES string of the molecule is CC(=O)OC/C=C/CCC(=O)Oc1ccc2c(c1)CC[C@@H]1[C@@H]2CC[C@]2(C)C(=O)CC[C@@H]12. The maximum absolute atomic E-state index is 12.5. The largest absolute Gasteiger partial charge is 0.462 e. The zero-order valence-corrected chi connectivity index (χ0v) is 18.5. The molecule has 2 saturated carbocycles. The number of benzene rings is 1. The molecular weight excluding hydrogens is 392 g/mol. The highest BCUT2D eigenvalue weighted by Crippen LogP contribution is 2.59. The molecule has 0 aliphatic heterocycles. The van der Waals surface area contributed by atoms with Crippen molar-refractivity contribution < 1.29 is 23.9 Å². The molecule has 0 spiro atoms. The number of esters is 2. The van der Waals surface area contributed by atoms with E-state index in [1.54, 1.807) is 6.08 Å². The molecule has 31 heavy (non-hydrogen) atoms. The van der Waals surface area contributed by atoms with Crippen molar-refractivity contribution in [3.63, 3.8) is 0 Å². The first-order valence-electron chi connectivity index (χ1n) is 11.5. The molecule has 4 rings (SSSR count). The summed E-state index contributed by atoms with van der Waals surface area (Å²) >= 11 is 0. The zero-order valence-electron chi connectivity index (χ0n) is 18.5. The van der Waals surface area contributed by atoms with Crippen LogP contribution in [0.1, 0.15) is 75.8 Å². The van der Waals surface area contributed by atoms with Crippen LogP contribution in [0.3, 0.4) is 0 Å². The van der Waals surface area contributed by atoms with Crippen molar-refractivity contribution in [3.05, 3.63) is 41.5 Å². The topological polar surface area (TPSA) is 69.7 Å².